The molecule has 2 nitrogen and oxygen atoms in total. The van der Waals surface area contributed by atoms with Crippen molar-refractivity contribution in [1.29, 1.82) is 0 Å². The van der Waals surface area contributed by atoms with E-state index in [4.69, 9.17) is 5.73 Å². The van der Waals surface area contributed by atoms with E-state index >= 15 is 0 Å². The van der Waals surface area contributed by atoms with Crippen molar-refractivity contribution in [1.82, 2.24) is 0 Å². The molecule has 1 fully saturated rings. The molecule has 1 aliphatic carbocycles. The Morgan fingerprint density at radius 3 is 2.50 bits per heavy atom. The zero-order valence-electron chi connectivity index (χ0n) is 11.1. The molecular weight excluding hydrogens is 220 g/mol. The van der Waals surface area contributed by atoms with Crippen molar-refractivity contribution in [2.45, 2.75) is 45.1 Å². The maximum Gasteiger partial charge on any atom is 0.0499 e. The molecule has 1 saturated carbocycles. The maximum absolute atomic E-state index is 6.03. The number of benzene rings is 1. The number of nitrogens with two attached hydrogens (primary N) is 1. The summed E-state index contributed by atoms with van der Waals surface area (Å²) in [7, 11) is 0. The molecule has 0 aromatic heterocycles. The largest absolute Gasteiger partial charge is 0.398 e. The predicted molar refractivity (Wildman–Crippen MR) is 78.7 cm³/mol. The highest BCUT2D eigenvalue weighted by atomic mass is 14.8. The summed E-state index contributed by atoms with van der Waals surface area (Å²) in [5.74, 6) is 0. The number of hydrogen-bond donors (Lipinski definition) is 1. The zero-order valence-corrected chi connectivity index (χ0v) is 11.1. The van der Waals surface area contributed by atoms with Crippen LogP contribution in [0.3, 0.4) is 0 Å². The summed E-state index contributed by atoms with van der Waals surface area (Å²) < 4.78 is 0. The Labute approximate surface area is 110 Å². The molecule has 96 valence electrons. The van der Waals surface area contributed by atoms with Crippen molar-refractivity contribution in [3.8, 4) is 0 Å². The average molecular weight is 242 g/mol. The molecule has 1 aromatic carbocycles. The molecule has 1 aromatic rings. The van der Waals surface area contributed by atoms with Crippen LogP contribution < -0.4 is 5.73 Å². The Kier molecular flexibility index (Phi) is 4.57. The molecule has 0 bridgehead atoms. The van der Waals surface area contributed by atoms with E-state index in [2.05, 4.69) is 36.2 Å². The van der Waals surface area contributed by atoms with Crippen molar-refractivity contribution < 1.29 is 0 Å². The molecule has 0 aliphatic heterocycles. The van der Waals surface area contributed by atoms with Gasteiger partial charge in [0.2, 0.25) is 0 Å². The van der Waals surface area contributed by atoms with Crippen LogP contribution in [0, 0.1) is 6.92 Å². The second kappa shape index (κ2) is 6.39. The van der Waals surface area contributed by atoms with Gasteiger partial charge < -0.3 is 5.73 Å². The molecule has 2 heteroatoms. The molecular formula is C16H22N2. The summed E-state index contributed by atoms with van der Waals surface area (Å²) in [6.07, 6.45) is 10.3. The lowest BCUT2D eigenvalue weighted by molar-refractivity contribution is 0.444. The summed E-state index contributed by atoms with van der Waals surface area (Å²) in [5.41, 5.74) is 9.13. The Balaban J connectivity index is 1.95. The van der Waals surface area contributed by atoms with Crippen LogP contribution in [0.15, 0.2) is 35.3 Å². The minimum atomic E-state index is 0.515. The predicted octanol–water partition coefficient (Wildman–Crippen LogP) is 3.70. The SMILES string of the molecule is Cc1ccc(C(N)=CC=NC2CCCCC2)cc1. The molecule has 18 heavy (non-hydrogen) atoms. The molecule has 2 rings (SSSR count). The molecule has 0 spiro atoms. The molecule has 0 amide bonds. The van der Waals surface area contributed by atoms with Crippen molar-refractivity contribution in [2.75, 3.05) is 0 Å². The molecule has 0 atom stereocenters. The number of aryl methyl sites for hydroxylation is 1. The quantitative estimate of drug-likeness (QED) is 0.806. The molecule has 0 saturated heterocycles. The minimum Gasteiger partial charge on any atom is -0.398 e. The van der Waals surface area contributed by atoms with Crippen molar-refractivity contribution >= 4 is 11.9 Å². The van der Waals surface area contributed by atoms with E-state index in [0.717, 1.165) is 11.3 Å². The lowest BCUT2D eigenvalue weighted by Crippen LogP contribution is -2.09. The number of rotatable bonds is 3. The van der Waals surface area contributed by atoms with Gasteiger partial charge in [-0.25, -0.2) is 0 Å². The van der Waals surface area contributed by atoms with Gasteiger partial charge >= 0.3 is 0 Å². The van der Waals surface area contributed by atoms with E-state index < -0.39 is 0 Å². The van der Waals surface area contributed by atoms with E-state index in [1.165, 1.54) is 37.7 Å². The van der Waals surface area contributed by atoms with Gasteiger partial charge in [-0.2, -0.15) is 0 Å². The van der Waals surface area contributed by atoms with Gasteiger partial charge in [-0.3, -0.25) is 4.99 Å². The monoisotopic (exact) mass is 242 g/mol. The Morgan fingerprint density at radius 1 is 1.17 bits per heavy atom. The van der Waals surface area contributed by atoms with Gasteiger partial charge in [-0.1, -0.05) is 49.1 Å². The number of nitrogens with zero attached hydrogens (tertiary/aromatic N) is 1. The third kappa shape index (κ3) is 3.73. The first kappa shape index (κ1) is 12.9. The number of hydrogen-bond acceptors (Lipinski definition) is 2. The van der Waals surface area contributed by atoms with Crippen molar-refractivity contribution in [2.24, 2.45) is 10.7 Å². The van der Waals surface area contributed by atoms with E-state index in [0.29, 0.717) is 6.04 Å². The summed E-state index contributed by atoms with van der Waals surface area (Å²) in [6.45, 7) is 2.08. The third-order valence-electron chi connectivity index (χ3n) is 3.51. The highest BCUT2D eigenvalue weighted by Gasteiger charge is 2.10. The first-order valence-electron chi connectivity index (χ1n) is 6.81. The first-order valence-corrected chi connectivity index (χ1v) is 6.81. The zero-order chi connectivity index (χ0) is 12.8. The van der Waals surface area contributed by atoms with E-state index in [1.54, 1.807) is 0 Å². The van der Waals surface area contributed by atoms with Crippen molar-refractivity contribution in [3.05, 3.63) is 41.5 Å². The Hall–Kier alpha value is -1.57. The van der Waals surface area contributed by atoms with Gasteiger partial charge in [-0.05, 0) is 31.4 Å². The van der Waals surface area contributed by atoms with Gasteiger partial charge in [0.05, 0.1) is 0 Å². The smallest absolute Gasteiger partial charge is 0.0499 e. The van der Waals surface area contributed by atoms with Gasteiger partial charge in [0.1, 0.15) is 0 Å². The van der Waals surface area contributed by atoms with Crippen LogP contribution in [0.4, 0.5) is 0 Å². The highest BCUT2D eigenvalue weighted by molar-refractivity contribution is 5.83. The van der Waals surface area contributed by atoms with Crippen molar-refractivity contribution in [3.63, 3.8) is 0 Å². The first-order chi connectivity index (χ1) is 8.75. The molecule has 0 unspecified atom stereocenters. The summed E-state index contributed by atoms with van der Waals surface area (Å²) in [6, 6.07) is 8.77. The van der Waals surface area contributed by atoms with Crippen LogP contribution >= 0.6 is 0 Å². The summed E-state index contributed by atoms with van der Waals surface area (Å²) >= 11 is 0. The number of aliphatic imine (C=N–C) groups is 1. The summed E-state index contributed by atoms with van der Waals surface area (Å²) in [4.78, 5) is 4.58. The topological polar surface area (TPSA) is 38.4 Å². The van der Waals surface area contributed by atoms with E-state index in [-0.39, 0.29) is 0 Å². The maximum atomic E-state index is 6.03. The molecule has 0 radical (unpaired) electrons. The average Bonchev–Trinajstić information content (AvgIpc) is 2.40. The van der Waals surface area contributed by atoms with Crippen LogP contribution in [-0.2, 0) is 0 Å². The lowest BCUT2D eigenvalue weighted by Gasteiger charge is -2.16. The fourth-order valence-electron chi connectivity index (χ4n) is 2.32. The van der Waals surface area contributed by atoms with E-state index in [9.17, 15) is 0 Å². The highest BCUT2D eigenvalue weighted by Crippen LogP contribution is 2.19. The van der Waals surface area contributed by atoms with Gasteiger partial charge in [-0.15, -0.1) is 0 Å². The second-order valence-corrected chi connectivity index (χ2v) is 5.08. The van der Waals surface area contributed by atoms with Gasteiger partial charge in [0, 0.05) is 18.0 Å². The fraction of sp³-hybridized carbons (Fsp3) is 0.438. The van der Waals surface area contributed by atoms with Gasteiger partial charge in [0.15, 0.2) is 0 Å². The Morgan fingerprint density at radius 2 is 1.83 bits per heavy atom. The number of allylic oxidation sites excluding steroid dienone is 1. The van der Waals surface area contributed by atoms with Crippen LogP contribution in [0.25, 0.3) is 5.70 Å². The van der Waals surface area contributed by atoms with Crippen LogP contribution in [0.5, 0.6) is 0 Å². The van der Waals surface area contributed by atoms with E-state index in [1.807, 2.05) is 12.3 Å². The Bertz CT molecular complexity index is 423. The van der Waals surface area contributed by atoms with Gasteiger partial charge in [0.25, 0.3) is 0 Å². The molecule has 1 aliphatic rings. The second-order valence-electron chi connectivity index (χ2n) is 5.08. The molecule has 2 N–H and O–H groups in total. The standard InChI is InChI=1S/C16H22N2/c1-13-7-9-14(10-8-13)16(17)11-12-18-15-5-3-2-4-6-15/h7-12,15H,2-6,17H2,1H3. The van der Waals surface area contributed by atoms with Crippen LogP contribution in [-0.4, -0.2) is 12.3 Å². The molecule has 0 heterocycles. The van der Waals surface area contributed by atoms with Crippen LogP contribution in [0.1, 0.15) is 43.2 Å². The normalized spacial score (nSPS) is 18.4. The minimum absolute atomic E-state index is 0.515. The lowest BCUT2D eigenvalue weighted by atomic mass is 9.96. The third-order valence-corrected chi connectivity index (χ3v) is 3.51. The fourth-order valence-corrected chi connectivity index (χ4v) is 2.32. The van der Waals surface area contributed by atoms with Crippen LogP contribution in [0.2, 0.25) is 0 Å². The summed E-state index contributed by atoms with van der Waals surface area (Å²) in [5, 5.41) is 0.